The zero-order chi connectivity index (χ0) is 12.8. The van der Waals surface area contributed by atoms with Crippen LogP contribution in [0, 0.1) is 0 Å². The van der Waals surface area contributed by atoms with Crippen molar-refractivity contribution in [2.45, 2.75) is 12.3 Å². The van der Waals surface area contributed by atoms with Crippen molar-refractivity contribution < 1.29 is 19.4 Å². The van der Waals surface area contributed by atoms with Crippen molar-refractivity contribution in [1.82, 2.24) is 0 Å². The van der Waals surface area contributed by atoms with Gasteiger partial charge in [-0.1, -0.05) is 6.07 Å². The number of hydrogen-bond acceptors (Lipinski definition) is 4. The van der Waals surface area contributed by atoms with Gasteiger partial charge < -0.3 is 20.3 Å². The summed E-state index contributed by atoms with van der Waals surface area (Å²) in [4.78, 5) is 10.7. The van der Waals surface area contributed by atoms with Crippen LogP contribution in [0.4, 0.5) is 0 Å². The van der Waals surface area contributed by atoms with Gasteiger partial charge in [-0.25, -0.2) is 0 Å². The fraction of sp³-hybridized carbons (Fsp3) is 0.417. The van der Waals surface area contributed by atoms with Crippen molar-refractivity contribution in [3.63, 3.8) is 0 Å². The van der Waals surface area contributed by atoms with E-state index >= 15 is 0 Å². The van der Waals surface area contributed by atoms with Crippen LogP contribution in [-0.4, -0.2) is 31.8 Å². The summed E-state index contributed by atoms with van der Waals surface area (Å²) in [7, 11) is 3.09. The zero-order valence-electron chi connectivity index (χ0n) is 9.97. The molecule has 0 fully saturated rings. The Bertz CT molecular complexity index is 392. The van der Waals surface area contributed by atoms with Crippen molar-refractivity contribution in [3.8, 4) is 11.5 Å². The molecule has 0 amide bonds. The van der Waals surface area contributed by atoms with Crippen molar-refractivity contribution in [2.24, 2.45) is 5.73 Å². The second-order valence-corrected chi connectivity index (χ2v) is 3.64. The summed E-state index contributed by atoms with van der Waals surface area (Å²) in [5.41, 5.74) is 6.42. The van der Waals surface area contributed by atoms with E-state index in [1.807, 2.05) is 6.07 Å². The SMILES string of the molecule is COc1ccc(C(CN)CC(=O)O)cc1OC. The molecule has 1 aromatic rings. The lowest BCUT2D eigenvalue weighted by Gasteiger charge is -2.15. The summed E-state index contributed by atoms with van der Waals surface area (Å²) >= 11 is 0. The van der Waals surface area contributed by atoms with E-state index in [0.717, 1.165) is 5.56 Å². The van der Waals surface area contributed by atoms with Crippen LogP contribution < -0.4 is 15.2 Å². The van der Waals surface area contributed by atoms with Crippen LogP contribution in [0.3, 0.4) is 0 Å². The lowest BCUT2D eigenvalue weighted by Crippen LogP contribution is -2.16. The molecule has 0 saturated heterocycles. The van der Waals surface area contributed by atoms with Crippen LogP contribution in [0.15, 0.2) is 18.2 Å². The van der Waals surface area contributed by atoms with E-state index in [2.05, 4.69) is 0 Å². The van der Waals surface area contributed by atoms with Crippen molar-refractivity contribution >= 4 is 5.97 Å². The van der Waals surface area contributed by atoms with Crippen LogP contribution in [-0.2, 0) is 4.79 Å². The lowest BCUT2D eigenvalue weighted by molar-refractivity contribution is -0.137. The van der Waals surface area contributed by atoms with E-state index in [-0.39, 0.29) is 18.9 Å². The number of hydrogen-bond donors (Lipinski definition) is 2. The molecule has 1 aromatic carbocycles. The largest absolute Gasteiger partial charge is 0.493 e. The first-order valence-electron chi connectivity index (χ1n) is 5.26. The molecule has 0 radical (unpaired) electrons. The molecule has 1 rings (SSSR count). The number of rotatable bonds is 6. The second-order valence-electron chi connectivity index (χ2n) is 3.64. The number of carboxylic acid groups (broad SMARTS) is 1. The monoisotopic (exact) mass is 239 g/mol. The number of aliphatic carboxylic acids is 1. The maximum Gasteiger partial charge on any atom is 0.304 e. The molecule has 0 aromatic heterocycles. The minimum atomic E-state index is -0.866. The van der Waals surface area contributed by atoms with Gasteiger partial charge >= 0.3 is 5.97 Å². The van der Waals surface area contributed by atoms with E-state index in [1.54, 1.807) is 19.2 Å². The van der Waals surface area contributed by atoms with Gasteiger partial charge in [0.2, 0.25) is 0 Å². The fourth-order valence-corrected chi connectivity index (χ4v) is 1.65. The van der Waals surface area contributed by atoms with E-state index in [9.17, 15) is 4.79 Å². The Balaban J connectivity index is 3.00. The van der Waals surface area contributed by atoms with E-state index in [4.69, 9.17) is 20.3 Å². The van der Waals surface area contributed by atoms with Gasteiger partial charge in [0, 0.05) is 5.92 Å². The molecular weight excluding hydrogens is 222 g/mol. The summed E-state index contributed by atoms with van der Waals surface area (Å²) in [5, 5.41) is 8.79. The third kappa shape index (κ3) is 3.35. The molecule has 0 aliphatic carbocycles. The molecule has 0 bridgehead atoms. The molecule has 0 heterocycles. The molecule has 1 unspecified atom stereocenters. The molecule has 3 N–H and O–H groups in total. The number of nitrogens with two attached hydrogens (primary N) is 1. The number of carboxylic acids is 1. The van der Waals surface area contributed by atoms with E-state index < -0.39 is 5.97 Å². The summed E-state index contributed by atoms with van der Waals surface area (Å²) in [6.07, 6.45) is 0.00594. The van der Waals surface area contributed by atoms with Crippen LogP contribution in [0.1, 0.15) is 17.9 Å². The number of ether oxygens (including phenoxy) is 2. The summed E-state index contributed by atoms with van der Waals surface area (Å²) < 4.78 is 10.3. The molecular formula is C12H17NO4. The molecule has 0 aliphatic heterocycles. The van der Waals surface area contributed by atoms with Gasteiger partial charge in [0.05, 0.1) is 20.6 Å². The van der Waals surface area contributed by atoms with E-state index in [0.29, 0.717) is 11.5 Å². The fourth-order valence-electron chi connectivity index (χ4n) is 1.65. The van der Waals surface area contributed by atoms with Crippen LogP contribution in [0.2, 0.25) is 0 Å². The van der Waals surface area contributed by atoms with Crippen molar-refractivity contribution in [1.29, 1.82) is 0 Å². The highest BCUT2D eigenvalue weighted by Gasteiger charge is 2.16. The van der Waals surface area contributed by atoms with Crippen LogP contribution >= 0.6 is 0 Å². The number of carbonyl (C=O) groups is 1. The van der Waals surface area contributed by atoms with Crippen LogP contribution in [0.25, 0.3) is 0 Å². The van der Waals surface area contributed by atoms with E-state index in [1.165, 1.54) is 7.11 Å². The quantitative estimate of drug-likeness (QED) is 0.780. The zero-order valence-corrected chi connectivity index (χ0v) is 9.97. The third-order valence-electron chi connectivity index (χ3n) is 2.58. The first-order valence-corrected chi connectivity index (χ1v) is 5.26. The Morgan fingerprint density at radius 3 is 2.47 bits per heavy atom. The van der Waals surface area contributed by atoms with Crippen LogP contribution in [0.5, 0.6) is 11.5 Å². The molecule has 0 saturated carbocycles. The highest BCUT2D eigenvalue weighted by Crippen LogP contribution is 2.31. The van der Waals surface area contributed by atoms with Gasteiger partial charge in [0.1, 0.15) is 0 Å². The van der Waals surface area contributed by atoms with Gasteiger partial charge in [-0.2, -0.15) is 0 Å². The first kappa shape index (κ1) is 13.3. The van der Waals surface area contributed by atoms with Crippen molar-refractivity contribution in [3.05, 3.63) is 23.8 Å². The standard InChI is InChI=1S/C12H17NO4/c1-16-10-4-3-8(5-11(10)17-2)9(7-13)6-12(14)15/h3-5,9H,6-7,13H2,1-2H3,(H,14,15). The molecule has 1 atom stereocenters. The number of benzene rings is 1. The van der Waals surface area contributed by atoms with Gasteiger partial charge in [0.25, 0.3) is 0 Å². The molecule has 0 aliphatic rings. The maximum atomic E-state index is 10.7. The molecule has 17 heavy (non-hydrogen) atoms. The topological polar surface area (TPSA) is 81.8 Å². The third-order valence-corrected chi connectivity index (χ3v) is 2.58. The second kappa shape index (κ2) is 6.10. The van der Waals surface area contributed by atoms with Gasteiger partial charge in [-0.05, 0) is 24.2 Å². The Morgan fingerprint density at radius 1 is 1.35 bits per heavy atom. The van der Waals surface area contributed by atoms with Crippen molar-refractivity contribution in [2.75, 3.05) is 20.8 Å². The first-order chi connectivity index (χ1) is 8.12. The van der Waals surface area contributed by atoms with Gasteiger partial charge in [0.15, 0.2) is 11.5 Å². The number of methoxy groups -OCH3 is 2. The highest BCUT2D eigenvalue weighted by molar-refractivity contribution is 5.68. The minimum absolute atomic E-state index is 0.00594. The maximum absolute atomic E-state index is 10.7. The minimum Gasteiger partial charge on any atom is -0.493 e. The summed E-state index contributed by atoms with van der Waals surface area (Å²) in [6.45, 7) is 0.280. The normalized spacial score (nSPS) is 11.9. The smallest absolute Gasteiger partial charge is 0.304 e. The average Bonchev–Trinajstić information content (AvgIpc) is 2.34. The predicted molar refractivity (Wildman–Crippen MR) is 63.6 cm³/mol. The highest BCUT2D eigenvalue weighted by atomic mass is 16.5. The average molecular weight is 239 g/mol. The molecule has 5 nitrogen and oxygen atoms in total. The Morgan fingerprint density at radius 2 is 2.00 bits per heavy atom. The summed E-state index contributed by atoms with van der Waals surface area (Å²) in [6, 6.07) is 5.32. The van der Waals surface area contributed by atoms with Gasteiger partial charge in [-0.15, -0.1) is 0 Å². The van der Waals surface area contributed by atoms with Gasteiger partial charge in [-0.3, -0.25) is 4.79 Å². The molecule has 94 valence electrons. The molecule has 5 heteroatoms. The Kier molecular flexibility index (Phi) is 4.78. The Labute approximate surface area is 100 Å². The molecule has 0 spiro atoms. The predicted octanol–water partition coefficient (Wildman–Crippen LogP) is 1.22. The summed E-state index contributed by atoms with van der Waals surface area (Å²) in [5.74, 6) is 0.110. The lowest BCUT2D eigenvalue weighted by atomic mass is 9.95. The Hall–Kier alpha value is -1.75.